The second kappa shape index (κ2) is 7.56. The van der Waals surface area contributed by atoms with Crippen LogP contribution in [0.3, 0.4) is 0 Å². The molecule has 3 heteroatoms. The third kappa shape index (κ3) is 3.83. The number of imidazole rings is 1. The van der Waals surface area contributed by atoms with Gasteiger partial charge < -0.3 is 24.0 Å². The number of aromatic amines is 1. The summed E-state index contributed by atoms with van der Waals surface area (Å²) in [5.41, 5.74) is 2.98. The van der Waals surface area contributed by atoms with E-state index in [9.17, 15) is 0 Å². The Bertz CT molecular complexity index is 451. The Balaban J connectivity index is 0.00000162. The quantitative estimate of drug-likeness (QED) is 0.578. The van der Waals surface area contributed by atoms with Crippen LogP contribution in [0.25, 0.3) is 0 Å². The minimum absolute atomic E-state index is 0. The van der Waals surface area contributed by atoms with E-state index >= 15 is 0 Å². The van der Waals surface area contributed by atoms with Gasteiger partial charge in [-0.2, -0.15) is 0 Å². The molecule has 2 aromatic rings. The first-order valence-electron chi connectivity index (χ1n) is 6.41. The summed E-state index contributed by atoms with van der Waals surface area (Å²) in [7, 11) is 0. The smallest absolute Gasteiger partial charge is 0.241 e. The van der Waals surface area contributed by atoms with Crippen molar-refractivity contribution >= 4 is 0 Å². The molecule has 0 fully saturated rings. The van der Waals surface area contributed by atoms with Crippen molar-refractivity contribution in [3.63, 3.8) is 0 Å². The fraction of sp³-hybridized carbons (Fsp3) is 0.400. The summed E-state index contributed by atoms with van der Waals surface area (Å²) in [5, 5.41) is 0. The van der Waals surface area contributed by atoms with Gasteiger partial charge in [0.25, 0.3) is 0 Å². The topological polar surface area (TPSA) is 19.7 Å². The van der Waals surface area contributed by atoms with Crippen molar-refractivity contribution in [2.75, 3.05) is 0 Å². The molecule has 0 saturated carbocycles. The number of nitrogens with one attached hydrogen (secondary N) is 1. The van der Waals surface area contributed by atoms with Crippen LogP contribution in [-0.2, 0) is 12.8 Å². The first-order valence-corrected chi connectivity index (χ1v) is 6.41. The van der Waals surface area contributed by atoms with E-state index in [-0.39, 0.29) is 24.0 Å². The molecule has 1 N–H and O–H groups in total. The van der Waals surface area contributed by atoms with Crippen molar-refractivity contribution in [2.45, 2.75) is 39.2 Å². The van der Waals surface area contributed by atoms with Crippen LogP contribution in [0.4, 0.5) is 0 Å². The van der Waals surface area contributed by atoms with E-state index in [0.717, 1.165) is 12.8 Å². The Morgan fingerprint density at radius 3 is 2.56 bits per heavy atom. The van der Waals surface area contributed by atoms with Crippen LogP contribution in [0.1, 0.15) is 37.4 Å². The summed E-state index contributed by atoms with van der Waals surface area (Å²) >= 11 is 0. The van der Waals surface area contributed by atoms with E-state index in [0.29, 0.717) is 6.04 Å². The molecule has 98 valence electrons. The lowest BCUT2D eigenvalue weighted by molar-refractivity contribution is -0.719. The van der Waals surface area contributed by atoms with Crippen molar-refractivity contribution in [3.8, 4) is 0 Å². The van der Waals surface area contributed by atoms with Crippen molar-refractivity contribution in [1.29, 1.82) is 0 Å². The number of aryl methyl sites for hydroxylation is 2. The Hall–Kier alpha value is -0.840. The molecule has 1 heterocycles. The fourth-order valence-corrected chi connectivity index (χ4v) is 2.24. The maximum atomic E-state index is 3.09. The second-order valence-corrected chi connectivity index (χ2v) is 4.57. The van der Waals surface area contributed by atoms with Gasteiger partial charge in [0.15, 0.2) is 0 Å². The maximum absolute atomic E-state index is 3.09. The molecule has 1 atom stereocenters. The number of halogens is 1. The van der Waals surface area contributed by atoms with Crippen LogP contribution in [0.5, 0.6) is 0 Å². The van der Waals surface area contributed by atoms with Gasteiger partial charge in [0.1, 0.15) is 12.4 Å². The number of hydrogen-bond donors (Lipinski definition) is 1. The average Bonchev–Trinajstić information content (AvgIpc) is 2.90. The lowest BCUT2D eigenvalue weighted by atomic mass is 9.99. The van der Waals surface area contributed by atoms with Gasteiger partial charge in [0.2, 0.25) is 6.33 Å². The van der Waals surface area contributed by atoms with Gasteiger partial charge >= 0.3 is 0 Å². The van der Waals surface area contributed by atoms with Crippen LogP contribution in [0, 0.1) is 0 Å². The molecule has 0 aliphatic carbocycles. The van der Waals surface area contributed by atoms with Gasteiger partial charge in [0, 0.05) is 0 Å². The standard InChI is InChI=1S/C15H20N2.HI/c1-3-14-6-4-5-7-15(14)9-8-13(2)17-11-10-16-12-17;/h4-7,10-13H,3,8-9H2,1-2H3;1H. The molecule has 2 rings (SSSR count). The molecule has 18 heavy (non-hydrogen) atoms. The third-order valence-electron chi connectivity index (χ3n) is 3.41. The summed E-state index contributed by atoms with van der Waals surface area (Å²) < 4.78 is 2.23. The van der Waals surface area contributed by atoms with Crippen LogP contribution in [0.15, 0.2) is 43.0 Å². The second-order valence-electron chi connectivity index (χ2n) is 4.57. The minimum atomic E-state index is 0. The van der Waals surface area contributed by atoms with Crippen LogP contribution in [-0.4, -0.2) is 4.98 Å². The molecule has 0 bridgehead atoms. The van der Waals surface area contributed by atoms with Gasteiger partial charge in [-0.15, -0.1) is 0 Å². The van der Waals surface area contributed by atoms with Gasteiger partial charge in [-0.3, -0.25) is 4.98 Å². The monoisotopic (exact) mass is 356 g/mol. The SMILES string of the molecule is CCc1ccccc1CCC(C)[n+]1cc[nH]c1.[I-]. The predicted octanol–water partition coefficient (Wildman–Crippen LogP) is 0.0624. The Labute approximate surface area is 126 Å². The number of H-pyrrole nitrogens is 1. The van der Waals surface area contributed by atoms with E-state index in [1.54, 1.807) is 0 Å². The van der Waals surface area contributed by atoms with Crippen molar-refractivity contribution in [2.24, 2.45) is 0 Å². The molecule has 0 radical (unpaired) electrons. The number of hydrogen-bond acceptors (Lipinski definition) is 0. The summed E-state index contributed by atoms with van der Waals surface area (Å²) in [6.45, 7) is 4.49. The highest BCUT2D eigenvalue weighted by atomic mass is 127. The minimum Gasteiger partial charge on any atom is -1.00 e. The molecular weight excluding hydrogens is 335 g/mol. The summed E-state index contributed by atoms with van der Waals surface area (Å²) in [5.74, 6) is 0. The molecule has 1 unspecified atom stereocenters. The third-order valence-corrected chi connectivity index (χ3v) is 3.41. The van der Waals surface area contributed by atoms with E-state index in [4.69, 9.17) is 0 Å². The van der Waals surface area contributed by atoms with Gasteiger partial charge in [-0.1, -0.05) is 31.2 Å². The largest absolute Gasteiger partial charge is 1.00 e. The first-order chi connectivity index (χ1) is 8.31. The molecule has 1 aromatic heterocycles. The Morgan fingerprint density at radius 1 is 1.22 bits per heavy atom. The zero-order valence-electron chi connectivity index (χ0n) is 11.1. The predicted molar refractivity (Wildman–Crippen MR) is 69.8 cm³/mol. The number of benzene rings is 1. The van der Waals surface area contributed by atoms with Crippen LogP contribution in [0.2, 0.25) is 0 Å². The van der Waals surface area contributed by atoms with Crippen molar-refractivity contribution < 1.29 is 28.5 Å². The molecule has 0 amide bonds. The first kappa shape index (κ1) is 15.2. The summed E-state index contributed by atoms with van der Waals surface area (Å²) in [6.07, 6.45) is 9.55. The highest BCUT2D eigenvalue weighted by Crippen LogP contribution is 2.14. The van der Waals surface area contributed by atoms with Gasteiger partial charge in [-0.25, -0.2) is 4.57 Å². The van der Waals surface area contributed by atoms with E-state index in [2.05, 4.69) is 53.9 Å². The van der Waals surface area contributed by atoms with Crippen molar-refractivity contribution in [3.05, 3.63) is 54.1 Å². The zero-order chi connectivity index (χ0) is 12.1. The van der Waals surface area contributed by atoms with Crippen molar-refractivity contribution in [1.82, 2.24) is 4.98 Å². The van der Waals surface area contributed by atoms with E-state index in [1.807, 2.05) is 12.5 Å². The zero-order valence-corrected chi connectivity index (χ0v) is 13.2. The Kier molecular flexibility index (Phi) is 6.39. The normalized spacial score (nSPS) is 11.9. The molecule has 0 saturated heterocycles. The highest BCUT2D eigenvalue weighted by Gasteiger charge is 2.10. The average molecular weight is 356 g/mol. The number of rotatable bonds is 5. The lowest BCUT2D eigenvalue weighted by Gasteiger charge is -2.10. The van der Waals surface area contributed by atoms with E-state index < -0.39 is 0 Å². The molecular formula is C15H21IN2. The van der Waals surface area contributed by atoms with Gasteiger partial charge in [0.05, 0.1) is 6.04 Å². The molecule has 2 nitrogen and oxygen atoms in total. The fourth-order valence-electron chi connectivity index (χ4n) is 2.24. The molecule has 0 spiro atoms. The maximum Gasteiger partial charge on any atom is 0.241 e. The lowest BCUT2D eigenvalue weighted by Crippen LogP contribution is -3.00. The molecule has 1 aromatic carbocycles. The molecule has 0 aliphatic rings. The molecule has 0 aliphatic heterocycles. The summed E-state index contributed by atoms with van der Waals surface area (Å²) in [6, 6.07) is 9.32. The Morgan fingerprint density at radius 2 is 1.94 bits per heavy atom. The number of nitrogens with zero attached hydrogens (tertiary/aromatic N) is 1. The van der Waals surface area contributed by atoms with E-state index in [1.165, 1.54) is 17.5 Å². The highest BCUT2D eigenvalue weighted by molar-refractivity contribution is 5.27. The number of aromatic nitrogens is 2. The summed E-state index contributed by atoms with van der Waals surface area (Å²) in [4.78, 5) is 3.09. The van der Waals surface area contributed by atoms with Crippen LogP contribution >= 0.6 is 0 Å². The van der Waals surface area contributed by atoms with Crippen LogP contribution < -0.4 is 28.5 Å². The van der Waals surface area contributed by atoms with Gasteiger partial charge in [-0.05, 0) is 37.3 Å².